The van der Waals surface area contributed by atoms with E-state index in [1.54, 1.807) is 4.90 Å². The molecular formula is C11H16F3NO2. The first kappa shape index (κ1) is 12.7. The average molecular weight is 251 g/mol. The molecule has 0 N–H and O–H groups in total. The molecule has 0 aromatic rings. The molecule has 1 heterocycles. The van der Waals surface area contributed by atoms with Crippen LogP contribution in [0, 0.1) is 11.8 Å². The van der Waals surface area contributed by atoms with Crippen LogP contribution in [0.2, 0.25) is 0 Å². The van der Waals surface area contributed by atoms with Gasteiger partial charge in [0.25, 0.3) is 0 Å². The summed E-state index contributed by atoms with van der Waals surface area (Å²) < 4.78 is 39.8. The summed E-state index contributed by atoms with van der Waals surface area (Å²) >= 11 is 0. The lowest BCUT2D eigenvalue weighted by atomic mass is 10.0. The smallest absolute Gasteiger partial charge is 0.362 e. The van der Waals surface area contributed by atoms with E-state index in [2.05, 4.69) is 4.74 Å². The van der Waals surface area contributed by atoms with Crippen LogP contribution in [-0.2, 0) is 9.53 Å². The molecule has 98 valence electrons. The molecule has 0 radical (unpaired) electrons. The molecule has 1 aliphatic carbocycles. The van der Waals surface area contributed by atoms with E-state index < -0.39 is 19.4 Å². The van der Waals surface area contributed by atoms with E-state index >= 15 is 0 Å². The molecule has 0 aromatic heterocycles. The molecule has 0 aromatic carbocycles. The van der Waals surface area contributed by atoms with Crippen molar-refractivity contribution in [2.75, 3.05) is 26.3 Å². The number of carbonyl (C=O) groups excluding carboxylic acids is 1. The van der Waals surface area contributed by atoms with Gasteiger partial charge in [-0.1, -0.05) is 6.42 Å². The van der Waals surface area contributed by atoms with Gasteiger partial charge < -0.3 is 9.64 Å². The second-order valence-corrected chi connectivity index (χ2v) is 4.86. The van der Waals surface area contributed by atoms with E-state index in [1.165, 1.54) is 6.42 Å². The van der Waals surface area contributed by atoms with Crippen LogP contribution in [0.5, 0.6) is 0 Å². The van der Waals surface area contributed by atoms with Gasteiger partial charge in [0.1, 0.15) is 13.2 Å². The first-order chi connectivity index (χ1) is 7.96. The number of alkyl halides is 3. The number of ether oxygens (including phenoxy) is 1. The second-order valence-electron chi connectivity index (χ2n) is 4.86. The van der Waals surface area contributed by atoms with Gasteiger partial charge in [-0.3, -0.25) is 4.79 Å². The summed E-state index contributed by atoms with van der Waals surface area (Å²) in [6.07, 6.45) is -0.876. The second kappa shape index (κ2) is 4.84. The molecule has 0 unspecified atom stereocenters. The zero-order valence-corrected chi connectivity index (χ0v) is 9.50. The van der Waals surface area contributed by atoms with Crippen LogP contribution in [-0.4, -0.2) is 43.3 Å². The summed E-state index contributed by atoms with van der Waals surface area (Å²) in [4.78, 5) is 13.2. The predicted molar refractivity (Wildman–Crippen MR) is 54.3 cm³/mol. The highest BCUT2D eigenvalue weighted by atomic mass is 19.4. The number of amides is 1. The third kappa shape index (κ3) is 3.34. The Kier molecular flexibility index (Phi) is 3.61. The average Bonchev–Trinajstić information content (AvgIpc) is 2.73. The van der Waals surface area contributed by atoms with Gasteiger partial charge in [-0.15, -0.1) is 0 Å². The van der Waals surface area contributed by atoms with E-state index in [1.807, 2.05) is 0 Å². The zero-order chi connectivity index (χ0) is 12.5. The largest absolute Gasteiger partial charge is 0.411 e. The monoisotopic (exact) mass is 251 g/mol. The first-order valence-corrected chi connectivity index (χ1v) is 5.88. The Morgan fingerprint density at radius 3 is 2.35 bits per heavy atom. The Labute approximate surface area is 97.9 Å². The molecule has 2 atom stereocenters. The predicted octanol–water partition coefficient (Wildman–Crippen LogP) is 1.82. The van der Waals surface area contributed by atoms with Gasteiger partial charge in [-0.2, -0.15) is 13.2 Å². The highest BCUT2D eigenvalue weighted by molar-refractivity contribution is 5.77. The first-order valence-electron chi connectivity index (χ1n) is 5.88. The van der Waals surface area contributed by atoms with Gasteiger partial charge in [0.05, 0.1) is 0 Å². The molecule has 1 saturated heterocycles. The number of likely N-dealkylation sites (tertiary alicyclic amines) is 1. The molecule has 1 amide bonds. The third-order valence-electron chi connectivity index (χ3n) is 3.57. The van der Waals surface area contributed by atoms with Crippen molar-refractivity contribution in [3.63, 3.8) is 0 Å². The molecule has 2 rings (SSSR count). The molecular weight excluding hydrogens is 235 g/mol. The lowest BCUT2D eigenvalue weighted by molar-refractivity contribution is -0.177. The van der Waals surface area contributed by atoms with Crippen LogP contribution in [0.25, 0.3) is 0 Å². The minimum absolute atomic E-state index is 0.316. The summed E-state index contributed by atoms with van der Waals surface area (Å²) in [7, 11) is 0. The van der Waals surface area contributed by atoms with E-state index in [9.17, 15) is 18.0 Å². The number of halogens is 3. The summed E-state index contributed by atoms with van der Waals surface area (Å²) in [6, 6.07) is 0. The Morgan fingerprint density at radius 1 is 1.24 bits per heavy atom. The molecule has 0 bridgehead atoms. The molecule has 2 aliphatic rings. The fraction of sp³-hybridized carbons (Fsp3) is 0.909. The van der Waals surface area contributed by atoms with E-state index in [0.29, 0.717) is 24.9 Å². The Hall–Kier alpha value is -0.780. The van der Waals surface area contributed by atoms with E-state index in [-0.39, 0.29) is 5.91 Å². The van der Waals surface area contributed by atoms with Crippen molar-refractivity contribution in [3.05, 3.63) is 0 Å². The Bertz CT molecular complexity index is 281. The van der Waals surface area contributed by atoms with Gasteiger partial charge >= 0.3 is 6.18 Å². The summed E-state index contributed by atoms with van der Waals surface area (Å²) in [5, 5.41) is 0. The van der Waals surface area contributed by atoms with Crippen molar-refractivity contribution in [2.45, 2.75) is 25.4 Å². The molecule has 1 aliphatic heterocycles. The normalized spacial score (nSPS) is 28.5. The van der Waals surface area contributed by atoms with Crippen LogP contribution in [0.15, 0.2) is 0 Å². The number of hydrogen-bond donors (Lipinski definition) is 0. The maximum Gasteiger partial charge on any atom is 0.411 e. The van der Waals surface area contributed by atoms with Crippen molar-refractivity contribution in [1.82, 2.24) is 4.90 Å². The van der Waals surface area contributed by atoms with Gasteiger partial charge in [0.15, 0.2) is 0 Å². The quantitative estimate of drug-likeness (QED) is 0.765. The van der Waals surface area contributed by atoms with Crippen LogP contribution in [0.1, 0.15) is 19.3 Å². The van der Waals surface area contributed by atoms with Crippen molar-refractivity contribution >= 4 is 5.91 Å². The summed E-state index contributed by atoms with van der Waals surface area (Å²) in [6.45, 7) is -0.420. The molecule has 6 heteroatoms. The Morgan fingerprint density at radius 2 is 1.82 bits per heavy atom. The highest BCUT2D eigenvalue weighted by Gasteiger charge is 2.38. The maximum atomic E-state index is 11.8. The molecule has 17 heavy (non-hydrogen) atoms. The number of fused-ring (bicyclic) bond motifs is 1. The lowest BCUT2D eigenvalue weighted by Crippen LogP contribution is -2.34. The SMILES string of the molecule is O=C(COCC(F)(F)F)N1C[C@H]2CCC[C@@H]2C1. The fourth-order valence-electron chi connectivity index (χ4n) is 2.78. The third-order valence-corrected chi connectivity index (χ3v) is 3.57. The standard InChI is InChI=1S/C11H16F3NO2/c12-11(13,14)7-17-6-10(16)15-4-8-2-1-3-9(8)5-15/h8-9H,1-7H2/t8-,9-/m1/s1. The van der Waals surface area contributed by atoms with Gasteiger partial charge in [-0.05, 0) is 24.7 Å². The fourth-order valence-corrected chi connectivity index (χ4v) is 2.78. The number of rotatable bonds is 3. The summed E-state index contributed by atoms with van der Waals surface area (Å²) in [5.41, 5.74) is 0. The lowest BCUT2D eigenvalue weighted by Gasteiger charge is -2.17. The molecule has 2 fully saturated rings. The molecule has 3 nitrogen and oxygen atoms in total. The van der Waals surface area contributed by atoms with Crippen molar-refractivity contribution in [3.8, 4) is 0 Å². The van der Waals surface area contributed by atoms with Crippen LogP contribution in [0.3, 0.4) is 0 Å². The van der Waals surface area contributed by atoms with Gasteiger partial charge in [0, 0.05) is 13.1 Å². The topological polar surface area (TPSA) is 29.5 Å². The summed E-state index contributed by atoms with van der Waals surface area (Å²) in [5.74, 6) is 0.798. The minimum atomic E-state index is -4.36. The van der Waals surface area contributed by atoms with Crippen LogP contribution in [0.4, 0.5) is 13.2 Å². The van der Waals surface area contributed by atoms with E-state index in [4.69, 9.17) is 0 Å². The van der Waals surface area contributed by atoms with Crippen LogP contribution < -0.4 is 0 Å². The van der Waals surface area contributed by atoms with Gasteiger partial charge in [-0.25, -0.2) is 0 Å². The van der Waals surface area contributed by atoms with Crippen molar-refractivity contribution < 1.29 is 22.7 Å². The van der Waals surface area contributed by atoms with Crippen LogP contribution >= 0.6 is 0 Å². The highest BCUT2D eigenvalue weighted by Crippen LogP contribution is 2.37. The number of nitrogens with zero attached hydrogens (tertiary/aromatic N) is 1. The number of hydrogen-bond acceptors (Lipinski definition) is 2. The zero-order valence-electron chi connectivity index (χ0n) is 9.50. The maximum absolute atomic E-state index is 11.8. The van der Waals surface area contributed by atoms with E-state index in [0.717, 1.165) is 12.8 Å². The number of carbonyl (C=O) groups is 1. The van der Waals surface area contributed by atoms with Crippen molar-refractivity contribution in [1.29, 1.82) is 0 Å². The van der Waals surface area contributed by atoms with Gasteiger partial charge in [0.2, 0.25) is 5.91 Å². The molecule has 0 spiro atoms. The molecule has 1 saturated carbocycles. The van der Waals surface area contributed by atoms with Crippen molar-refractivity contribution in [2.24, 2.45) is 11.8 Å². The minimum Gasteiger partial charge on any atom is -0.362 e. The Balaban J connectivity index is 1.71.